The number of carbonyl (C=O) groups is 2. The minimum atomic E-state index is -1.04. The summed E-state index contributed by atoms with van der Waals surface area (Å²) < 4.78 is 5.11. The lowest BCUT2D eigenvalue weighted by Gasteiger charge is -2.23. The number of amides is 2. The normalized spacial score (nSPS) is 14.8. The topological polar surface area (TPSA) is 125 Å². The number of hydrogen-bond acceptors (Lipinski definition) is 6. The van der Waals surface area contributed by atoms with E-state index in [1.54, 1.807) is 31.4 Å². The number of nitrogens with zero attached hydrogens (tertiary/aromatic N) is 1. The summed E-state index contributed by atoms with van der Waals surface area (Å²) in [5.41, 5.74) is 0.510. The molecule has 0 radical (unpaired) electrons. The number of H-pyrrole nitrogens is 1. The van der Waals surface area contributed by atoms with Crippen LogP contribution >= 0.6 is 23.2 Å². The van der Waals surface area contributed by atoms with Crippen LogP contribution in [0.3, 0.4) is 0 Å². The molecule has 1 aliphatic rings. The Kier molecular flexibility index (Phi) is 6.02. The molecule has 11 heteroatoms. The first-order valence-corrected chi connectivity index (χ1v) is 10.2. The highest BCUT2D eigenvalue weighted by atomic mass is 35.5. The SMILES string of the molecule is COc1ccc(Nc2nc3c(c(=O)[nH]2)C(C(=O)Nc2cc(Cl)cc(Cl)c2)CC(=O)N3)cc1. The van der Waals surface area contributed by atoms with Crippen LogP contribution in [0.1, 0.15) is 17.9 Å². The zero-order valence-electron chi connectivity index (χ0n) is 16.7. The smallest absolute Gasteiger partial charge is 0.258 e. The van der Waals surface area contributed by atoms with E-state index in [9.17, 15) is 14.4 Å². The van der Waals surface area contributed by atoms with Gasteiger partial charge in [-0.15, -0.1) is 0 Å². The zero-order chi connectivity index (χ0) is 22.8. The number of carbonyl (C=O) groups excluding carboxylic acids is 2. The van der Waals surface area contributed by atoms with Gasteiger partial charge in [-0.05, 0) is 42.5 Å². The van der Waals surface area contributed by atoms with Gasteiger partial charge in [-0.25, -0.2) is 0 Å². The molecule has 0 bridgehead atoms. The fraction of sp³-hybridized carbons (Fsp3) is 0.143. The van der Waals surface area contributed by atoms with Gasteiger partial charge in [-0.3, -0.25) is 19.4 Å². The van der Waals surface area contributed by atoms with Gasteiger partial charge in [0.15, 0.2) is 0 Å². The number of ether oxygens (including phenoxy) is 1. The fourth-order valence-corrected chi connectivity index (χ4v) is 3.85. The van der Waals surface area contributed by atoms with E-state index in [2.05, 4.69) is 25.9 Å². The molecule has 2 amide bonds. The van der Waals surface area contributed by atoms with E-state index in [0.717, 1.165) is 0 Å². The number of anilines is 4. The van der Waals surface area contributed by atoms with Crippen molar-refractivity contribution in [2.24, 2.45) is 0 Å². The summed E-state index contributed by atoms with van der Waals surface area (Å²) in [6.45, 7) is 0. The van der Waals surface area contributed by atoms with Crippen molar-refractivity contribution in [3.8, 4) is 5.75 Å². The lowest BCUT2D eigenvalue weighted by atomic mass is 9.92. The van der Waals surface area contributed by atoms with Gasteiger partial charge in [-0.2, -0.15) is 4.98 Å². The van der Waals surface area contributed by atoms with E-state index in [4.69, 9.17) is 27.9 Å². The standard InChI is InChI=1S/C21H17Cl2N5O4/c1-32-14-4-2-12(3-5-14)25-21-27-18-17(20(31)28-21)15(9-16(29)26-18)19(30)24-13-7-10(22)6-11(23)8-13/h2-8,15H,9H2,1H3,(H,24,30)(H3,25,26,27,28,29,31). The van der Waals surface area contributed by atoms with Gasteiger partial charge in [0, 0.05) is 27.8 Å². The maximum absolute atomic E-state index is 12.9. The zero-order valence-corrected chi connectivity index (χ0v) is 18.2. The van der Waals surface area contributed by atoms with Crippen molar-refractivity contribution < 1.29 is 14.3 Å². The van der Waals surface area contributed by atoms with Crippen LogP contribution in [0, 0.1) is 0 Å². The van der Waals surface area contributed by atoms with Crippen LogP contribution in [0.25, 0.3) is 0 Å². The fourth-order valence-electron chi connectivity index (χ4n) is 3.32. The largest absolute Gasteiger partial charge is 0.497 e. The minimum Gasteiger partial charge on any atom is -0.497 e. The lowest BCUT2D eigenvalue weighted by molar-refractivity contribution is -0.123. The first kappa shape index (κ1) is 21.7. The molecule has 1 aliphatic heterocycles. The number of methoxy groups -OCH3 is 1. The predicted octanol–water partition coefficient (Wildman–Crippen LogP) is 3.89. The summed E-state index contributed by atoms with van der Waals surface area (Å²) in [5, 5.41) is 8.84. The number of nitrogens with one attached hydrogen (secondary N) is 4. The highest BCUT2D eigenvalue weighted by Crippen LogP contribution is 2.31. The lowest BCUT2D eigenvalue weighted by Crippen LogP contribution is -2.36. The van der Waals surface area contributed by atoms with Crippen molar-refractivity contribution in [1.82, 2.24) is 9.97 Å². The van der Waals surface area contributed by atoms with E-state index in [0.29, 0.717) is 27.2 Å². The summed E-state index contributed by atoms with van der Waals surface area (Å²) in [4.78, 5) is 44.9. The molecule has 4 rings (SSSR count). The van der Waals surface area contributed by atoms with Crippen molar-refractivity contribution in [1.29, 1.82) is 0 Å². The molecule has 0 aliphatic carbocycles. The first-order chi connectivity index (χ1) is 15.3. The molecule has 2 aromatic carbocycles. The van der Waals surface area contributed by atoms with E-state index in [-0.39, 0.29) is 23.8 Å². The second-order valence-corrected chi connectivity index (χ2v) is 7.86. The minimum absolute atomic E-state index is 0.0188. The molecule has 1 atom stereocenters. The summed E-state index contributed by atoms with van der Waals surface area (Å²) >= 11 is 11.9. The van der Waals surface area contributed by atoms with Gasteiger partial charge in [-0.1, -0.05) is 23.2 Å². The molecule has 32 heavy (non-hydrogen) atoms. The number of benzene rings is 2. The Labute approximate surface area is 192 Å². The van der Waals surface area contributed by atoms with Crippen molar-refractivity contribution in [3.63, 3.8) is 0 Å². The van der Waals surface area contributed by atoms with Gasteiger partial charge in [0.2, 0.25) is 17.8 Å². The van der Waals surface area contributed by atoms with Gasteiger partial charge in [0.05, 0.1) is 18.6 Å². The third kappa shape index (κ3) is 4.68. The van der Waals surface area contributed by atoms with E-state index < -0.39 is 23.3 Å². The molecule has 0 fully saturated rings. The van der Waals surface area contributed by atoms with E-state index >= 15 is 0 Å². The monoisotopic (exact) mass is 473 g/mol. The predicted molar refractivity (Wildman–Crippen MR) is 122 cm³/mol. The average Bonchev–Trinajstić information content (AvgIpc) is 2.72. The Morgan fingerprint density at radius 1 is 1.09 bits per heavy atom. The highest BCUT2D eigenvalue weighted by Gasteiger charge is 2.34. The van der Waals surface area contributed by atoms with Crippen LogP contribution in [0.15, 0.2) is 47.3 Å². The van der Waals surface area contributed by atoms with Gasteiger partial charge in [0.1, 0.15) is 11.6 Å². The Bertz CT molecular complexity index is 1240. The van der Waals surface area contributed by atoms with Crippen LogP contribution in [0.2, 0.25) is 10.0 Å². The van der Waals surface area contributed by atoms with Crippen LogP contribution in [-0.4, -0.2) is 28.9 Å². The van der Waals surface area contributed by atoms with Crippen molar-refractivity contribution in [2.45, 2.75) is 12.3 Å². The highest BCUT2D eigenvalue weighted by molar-refractivity contribution is 6.35. The van der Waals surface area contributed by atoms with Crippen molar-refractivity contribution in [3.05, 3.63) is 68.4 Å². The summed E-state index contributed by atoms with van der Waals surface area (Å²) in [6, 6.07) is 11.5. The third-order valence-electron chi connectivity index (χ3n) is 4.75. The number of aromatic nitrogens is 2. The molecule has 1 aromatic heterocycles. The molecule has 0 spiro atoms. The Balaban J connectivity index is 1.62. The molecule has 1 unspecified atom stereocenters. The molecule has 4 N–H and O–H groups in total. The van der Waals surface area contributed by atoms with Crippen molar-refractivity contribution in [2.75, 3.05) is 23.1 Å². The Morgan fingerprint density at radius 2 is 1.78 bits per heavy atom. The molecular weight excluding hydrogens is 457 g/mol. The van der Waals surface area contributed by atoms with Gasteiger partial charge >= 0.3 is 0 Å². The van der Waals surface area contributed by atoms with Crippen LogP contribution < -0.4 is 26.2 Å². The molecule has 3 aromatic rings. The summed E-state index contributed by atoms with van der Waals surface area (Å²) in [5.74, 6) is -1.22. The van der Waals surface area contributed by atoms with Gasteiger partial charge in [0.25, 0.3) is 5.56 Å². The molecule has 0 saturated carbocycles. The molecule has 2 heterocycles. The Morgan fingerprint density at radius 3 is 2.44 bits per heavy atom. The van der Waals surface area contributed by atoms with Crippen LogP contribution in [0.4, 0.5) is 23.1 Å². The quantitative estimate of drug-likeness (QED) is 0.445. The number of hydrogen-bond donors (Lipinski definition) is 4. The van der Waals surface area contributed by atoms with Crippen LogP contribution in [0.5, 0.6) is 5.75 Å². The molecule has 0 saturated heterocycles. The average molecular weight is 474 g/mol. The van der Waals surface area contributed by atoms with E-state index in [1.165, 1.54) is 18.2 Å². The van der Waals surface area contributed by atoms with E-state index in [1.807, 2.05) is 0 Å². The maximum Gasteiger partial charge on any atom is 0.258 e. The summed E-state index contributed by atoms with van der Waals surface area (Å²) in [6.07, 6.45) is -0.205. The summed E-state index contributed by atoms with van der Waals surface area (Å²) in [7, 11) is 1.56. The number of rotatable bonds is 5. The second kappa shape index (κ2) is 8.89. The molecule has 9 nitrogen and oxygen atoms in total. The first-order valence-electron chi connectivity index (χ1n) is 9.44. The number of fused-ring (bicyclic) bond motifs is 1. The third-order valence-corrected chi connectivity index (χ3v) is 5.19. The van der Waals surface area contributed by atoms with Gasteiger partial charge < -0.3 is 20.7 Å². The second-order valence-electron chi connectivity index (χ2n) is 6.98. The number of halogens is 2. The Hall–Kier alpha value is -3.56. The van der Waals surface area contributed by atoms with Crippen LogP contribution in [-0.2, 0) is 9.59 Å². The molecule has 164 valence electrons. The maximum atomic E-state index is 12.9. The molecular formula is C21H17Cl2N5O4. The number of aromatic amines is 1. The van der Waals surface area contributed by atoms with Crippen molar-refractivity contribution >= 4 is 58.2 Å².